The molecule has 0 aromatic carbocycles. The highest BCUT2D eigenvalue weighted by Gasteiger charge is 2.25. The third-order valence-electron chi connectivity index (χ3n) is 4.61. The molecule has 0 fully saturated rings. The van der Waals surface area contributed by atoms with Crippen LogP contribution in [-0.2, 0) is 25.9 Å². The minimum Gasteiger partial charge on any atom is -0.352 e. The van der Waals surface area contributed by atoms with E-state index in [0.717, 1.165) is 51.4 Å². The second-order valence-corrected chi connectivity index (χ2v) is 6.78. The molecule has 0 N–H and O–H groups in total. The largest absolute Gasteiger partial charge is 0.352 e. The molecule has 4 nitrogen and oxygen atoms in total. The van der Waals surface area contributed by atoms with Crippen molar-refractivity contribution in [2.24, 2.45) is 0 Å². The Labute approximate surface area is 129 Å². The maximum Gasteiger partial charge on any atom is 0.137 e. The summed E-state index contributed by atoms with van der Waals surface area (Å²) in [7, 11) is 0. The van der Waals surface area contributed by atoms with Crippen molar-refractivity contribution in [3.63, 3.8) is 0 Å². The van der Waals surface area contributed by atoms with E-state index in [0.29, 0.717) is 0 Å². The Hall–Kier alpha value is -1.46. The summed E-state index contributed by atoms with van der Waals surface area (Å²) in [5.74, 6) is 1.16. The number of hydrogen-bond acceptors (Lipinski definition) is 5. The van der Waals surface area contributed by atoms with Crippen LogP contribution in [-0.4, -0.2) is 34.5 Å². The average Bonchev–Trinajstić information content (AvgIpc) is 3.01. The van der Waals surface area contributed by atoms with Gasteiger partial charge in [-0.25, -0.2) is 9.97 Å². The number of thiophene rings is 1. The normalized spacial score (nSPS) is 18.4. The lowest BCUT2D eigenvalue weighted by molar-refractivity contribution is 0.265. The predicted molar refractivity (Wildman–Crippen MR) is 85.8 cm³/mol. The molecular weight excluding hydrogens is 280 g/mol. The fraction of sp³-hybridized carbons (Fsp3) is 0.500. The summed E-state index contributed by atoms with van der Waals surface area (Å²) in [6.45, 7) is 7.51. The highest BCUT2D eigenvalue weighted by atomic mass is 32.1. The van der Waals surface area contributed by atoms with Crippen molar-refractivity contribution in [1.29, 1.82) is 0 Å². The summed E-state index contributed by atoms with van der Waals surface area (Å²) in [5.41, 5.74) is 4.08. The van der Waals surface area contributed by atoms with Gasteiger partial charge in [0.1, 0.15) is 12.1 Å². The summed E-state index contributed by atoms with van der Waals surface area (Å²) in [6, 6.07) is 2.26. The van der Waals surface area contributed by atoms with Crippen molar-refractivity contribution in [3.05, 3.63) is 39.5 Å². The van der Waals surface area contributed by atoms with E-state index in [1.54, 1.807) is 11.2 Å². The zero-order valence-corrected chi connectivity index (χ0v) is 13.2. The van der Waals surface area contributed by atoms with Crippen LogP contribution in [0.1, 0.15) is 28.6 Å². The van der Waals surface area contributed by atoms with E-state index in [1.165, 1.54) is 16.8 Å². The van der Waals surface area contributed by atoms with Crippen LogP contribution < -0.4 is 4.90 Å². The van der Waals surface area contributed by atoms with Gasteiger partial charge >= 0.3 is 0 Å². The van der Waals surface area contributed by atoms with Gasteiger partial charge in [-0.15, -0.1) is 11.3 Å². The van der Waals surface area contributed by atoms with E-state index >= 15 is 0 Å². The molecule has 5 heteroatoms. The minimum absolute atomic E-state index is 0.994. The lowest BCUT2D eigenvalue weighted by Gasteiger charge is -2.33. The van der Waals surface area contributed by atoms with Crippen LogP contribution in [0.3, 0.4) is 0 Å². The van der Waals surface area contributed by atoms with Gasteiger partial charge in [-0.05, 0) is 30.0 Å². The smallest absolute Gasteiger partial charge is 0.137 e. The third kappa shape index (κ3) is 2.34. The molecule has 0 unspecified atom stereocenters. The second kappa shape index (κ2) is 5.39. The van der Waals surface area contributed by atoms with Crippen LogP contribution in [0.15, 0.2) is 17.8 Å². The SMILES string of the molecule is CCN1CCc2ncnc(N3CCc4sccc4C3)c2C1. The number of nitrogens with zero attached hydrogens (tertiary/aromatic N) is 4. The van der Waals surface area contributed by atoms with Gasteiger partial charge in [0.2, 0.25) is 0 Å². The lowest BCUT2D eigenvalue weighted by Crippen LogP contribution is -2.35. The predicted octanol–water partition coefficient (Wildman–Crippen LogP) is 2.48. The molecule has 2 aliphatic heterocycles. The first-order chi connectivity index (χ1) is 10.3. The van der Waals surface area contributed by atoms with Gasteiger partial charge in [0, 0.05) is 43.0 Å². The number of fused-ring (bicyclic) bond motifs is 2. The molecule has 0 atom stereocenters. The molecule has 0 radical (unpaired) electrons. The van der Waals surface area contributed by atoms with Gasteiger partial charge < -0.3 is 4.90 Å². The molecule has 0 aliphatic carbocycles. The van der Waals surface area contributed by atoms with Gasteiger partial charge in [-0.3, -0.25) is 4.90 Å². The van der Waals surface area contributed by atoms with Crippen LogP contribution in [0.4, 0.5) is 5.82 Å². The molecule has 21 heavy (non-hydrogen) atoms. The number of anilines is 1. The Balaban J connectivity index is 1.67. The molecule has 0 amide bonds. The van der Waals surface area contributed by atoms with Crippen molar-refractivity contribution in [2.45, 2.75) is 32.9 Å². The van der Waals surface area contributed by atoms with Crippen LogP contribution in [0.5, 0.6) is 0 Å². The summed E-state index contributed by atoms with van der Waals surface area (Å²) in [6.07, 6.45) is 3.94. The number of rotatable bonds is 2. The summed E-state index contributed by atoms with van der Waals surface area (Å²) in [4.78, 5) is 15.6. The molecule has 0 saturated carbocycles. The number of hydrogen-bond donors (Lipinski definition) is 0. The molecular formula is C16H20N4S. The Morgan fingerprint density at radius 3 is 3.05 bits per heavy atom. The van der Waals surface area contributed by atoms with Crippen molar-refractivity contribution in [2.75, 3.05) is 24.5 Å². The highest BCUT2D eigenvalue weighted by Crippen LogP contribution is 2.31. The molecule has 0 spiro atoms. The molecule has 0 saturated heterocycles. The van der Waals surface area contributed by atoms with Crippen LogP contribution >= 0.6 is 11.3 Å². The van der Waals surface area contributed by atoms with Crippen molar-refractivity contribution < 1.29 is 0 Å². The molecule has 110 valence electrons. The van der Waals surface area contributed by atoms with E-state index in [9.17, 15) is 0 Å². The van der Waals surface area contributed by atoms with E-state index in [-0.39, 0.29) is 0 Å². The highest BCUT2D eigenvalue weighted by molar-refractivity contribution is 7.10. The molecule has 4 rings (SSSR count). The maximum absolute atomic E-state index is 4.63. The standard InChI is InChI=1S/C16H20N4S/c1-2-19-6-3-14-13(10-19)16(18-11-17-14)20-7-4-15-12(9-20)5-8-21-15/h5,8,11H,2-4,6-7,9-10H2,1H3. The molecule has 2 aliphatic rings. The van der Waals surface area contributed by atoms with Gasteiger partial charge in [0.05, 0.1) is 5.69 Å². The monoisotopic (exact) mass is 300 g/mol. The average molecular weight is 300 g/mol. The Morgan fingerprint density at radius 2 is 2.14 bits per heavy atom. The Bertz CT molecular complexity index is 651. The number of aromatic nitrogens is 2. The lowest BCUT2D eigenvalue weighted by atomic mass is 10.0. The summed E-state index contributed by atoms with van der Waals surface area (Å²) < 4.78 is 0. The fourth-order valence-electron chi connectivity index (χ4n) is 3.35. The zero-order chi connectivity index (χ0) is 14.2. The van der Waals surface area contributed by atoms with Crippen LogP contribution in [0, 0.1) is 0 Å². The topological polar surface area (TPSA) is 32.3 Å². The van der Waals surface area contributed by atoms with Gasteiger partial charge in [-0.1, -0.05) is 6.92 Å². The quantitative estimate of drug-likeness (QED) is 0.853. The molecule has 4 heterocycles. The molecule has 0 bridgehead atoms. The van der Waals surface area contributed by atoms with Crippen LogP contribution in [0.2, 0.25) is 0 Å². The molecule has 2 aromatic rings. The third-order valence-corrected chi connectivity index (χ3v) is 5.64. The van der Waals surface area contributed by atoms with E-state index < -0.39 is 0 Å². The van der Waals surface area contributed by atoms with Crippen molar-refractivity contribution in [3.8, 4) is 0 Å². The Kier molecular flexibility index (Phi) is 3.39. The maximum atomic E-state index is 4.63. The van der Waals surface area contributed by atoms with Gasteiger partial charge in [-0.2, -0.15) is 0 Å². The van der Waals surface area contributed by atoms with Crippen molar-refractivity contribution in [1.82, 2.24) is 14.9 Å². The summed E-state index contributed by atoms with van der Waals surface area (Å²) >= 11 is 1.89. The Morgan fingerprint density at radius 1 is 1.19 bits per heavy atom. The second-order valence-electron chi connectivity index (χ2n) is 5.78. The first-order valence-electron chi connectivity index (χ1n) is 7.70. The first kappa shape index (κ1) is 13.2. The molecule has 2 aromatic heterocycles. The van der Waals surface area contributed by atoms with E-state index in [4.69, 9.17) is 0 Å². The first-order valence-corrected chi connectivity index (χ1v) is 8.58. The van der Waals surface area contributed by atoms with E-state index in [2.05, 4.69) is 38.1 Å². The van der Waals surface area contributed by atoms with E-state index in [1.807, 2.05) is 11.3 Å². The van der Waals surface area contributed by atoms with Crippen molar-refractivity contribution >= 4 is 17.2 Å². The zero-order valence-electron chi connectivity index (χ0n) is 12.4. The number of likely N-dealkylation sites (N-methyl/N-ethyl adjacent to an activating group) is 1. The van der Waals surface area contributed by atoms with Crippen LogP contribution in [0.25, 0.3) is 0 Å². The fourth-order valence-corrected chi connectivity index (χ4v) is 4.24. The summed E-state index contributed by atoms with van der Waals surface area (Å²) in [5, 5.41) is 2.21. The van der Waals surface area contributed by atoms with Gasteiger partial charge in [0.25, 0.3) is 0 Å². The minimum atomic E-state index is 0.994. The van der Waals surface area contributed by atoms with Gasteiger partial charge in [0.15, 0.2) is 0 Å².